The molecule has 1 aromatic carbocycles. The molecule has 0 amide bonds. The van der Waals surface area contributed by atoms with Crippen LogP contribution in [0, 0.1) is 11.3 Å². The van der Waals surface area contributed by atoms with Gasteiger partial charge >= 0.3 is 0 Å². The lowest BCUT2D eigenvalue weighted by molar-refractivity contribution is 0.416. The molecule has 1 atom stereocenters. The van der Waals surface area contributed by atoms with Crippen LogP contribution in [0.25, 0.3) is 0 Å². The van der Waals surface area contributed by atoms with E-state index >= 15 is 0 Å². The monoisotopic (exact) mass is 253 g/mol. The zero-order chi connectivity index (χ0) is 13.7. The minimum atomic E-state index is 0.107. The molecule has 1 aromatic heterocycles. The van der Waals surface area contributed by atoms with Crippen LogP contribution in [0.1, 0.15) is 24.1 Å². The third kappa shape index (κ3) is 3.02. The zero-order valence-corrected chi connectivity index (χ0v) is 10.9. The van der Waals surface area contributed by atoms with Gasteiger partial charge in [0.2, 0.25) is 0 Å². The Morgan fingerprint density at radius 3 is 2.84 bits per heavy atom. The van der Waals surface area contributed by atoms with Gasteiger partial charge in [-0.3, -0.25) is 4.98 Å². The van der Waals surface area contributed by atoms with Crippen LogP contribution in [0.4, 0.5) is 5.69 Å². The smallest absolute Gasteiger partial charge is 0.143 e. The first-order valence-electron chi connectivity index (χ1n) is 5.99. The number of anilines is 1. The van der Waals surface area contributed by atoms with E-state index in [4.69, 9.17) is 10.00 Å². The van der Waals surface area contributed by atoms with E-state index in [2.05, 4.69) is 23.3 Å². The van der Waals surface area contributed by atoms with Gasteiger partial charge < -0.3 is 10.1 Å². The van der Waals surface area contributed by atoms with Crippen LogP contribution in [0.2, 0.25) is 0 Å². The van der Waals surface area contributed by atoms with Gasteiger partial charge in [0.1, 0.15) is 5.75 Å². The molecule has 0 radical (unpaired) electrons. The fourth-order valence-electron chi connectivity index (χ4n) is 1.83. The number of aromatic nitrogens is 1. The number of ether oxygens (including phenoxy) is 1. The van der Waals surface area contributed by atoms with Crippen LogP contribution in [-0.4, -0.2) is 12.1 Å². The average Bonchev–Trinajstić information content (AvgIpc) is 2.48. The normalized spacial score (nSPS) is 11.4. The van der Waals surface area contributed by atoms with Crippen molar-refractivity contribution in [3.05, 3.63) is 53.9 Å². The Morgan fingerprint density at radius 2 is 2.21 bits per heavy atom. The topological polar surface area (TPSA) is 57.9 Å². The van der Waals surface area contributed by atoms with E-state index in [0.29, 0.717) is 11.3 Å². The van der Waals surface area contributed by atoms with Crippen molar-refractivity contribution < 1.29 is 4.74 Å². The number of pyridine rings is 1. The van der Waals surface area contributed by atoms with E-state index < -0.39 is 0 Å². The predicted molar refractivity (Wildman–Crippen MR) is 74.0 cm³/mol. The predicted octanol–water partition coefficient (Wildman–Crippen LogP) is 3.13. The van der Waals surface area contributed by atoms with Crippen LogP contribution >= 0.6 is 0 Å². The second-order valence-corrected chi connectivity index (χ2v) is 4.18. The van der Waals surface area contributed by atoms with Crippen LogP contribution < -0.4 is 10.1 Å². The van der Waals surface area contributed by atoms with Crippen molar-refractivity contribution in [2.75, 3.05) is 12.4 Å². The summed E-state index contributed by atoms with van der Waals surface area (Å²) in [5, 5.41) is 12.2. The van der Waals surface area contributed by atoms with Crippen molar-refractivity contribution in [3.63, 3.8) is 0 Å². The molecule has 0 fully saturated rings. The van der Waals surface area contributed by atoms with Crippen molar-refractivity contribution in [1.29, 1.82) is 5.26 Å². The molecular formula is C15H15N3O. The van der Waals surface area contributed by atoms with Crippen molar-refractivity contribution in [2.24, 2.45) is 0 Å². The number of benzene rings is 1. The van der Waals surface area contributed by atoms with Gasteiger partial charge in [0.15, 0.2) is 0 Å². The first-order chi connectivity index (χ1) is 9.24. The highest BCUT2D eigenvalue weighted by molar-refractivity contribution is 5.60. The van der Waals surface area contributed by atoms with Gasteiger partial charge in [0.25, 0.3) is 0 Å². The summed E-state index contributed by atoms with van der Waals surface area (Å²) in [6.45, 7) is 2.05. The van der Waals surface area contributed by atoms with Crippen LogP contribution in [0.15, 0.2) is 42.7 Å². The summed E-state index contributed by atoms with van der Waals surface area (Å²) in [5.74, 6) is 0.662. The van der Waals surface area contributed by atoms with Crippen molar-refractivity contribution in [2.45, 2.75) is 13.0 Å². The number of methoxy groups -OCH3 is 1. The summed E-state index contributed by atoms with van der Waals surface area (Å²) < 4.78 is 5.30. The standard InChI is InChI=1S/C15H15N3O/c1-11(13-4-3-7-17-10-13)18-14-6-5-12(9-16)8-15(14)19-2/h3-8,10-11,18H,1-2H3. The molecule has 0 aliphatic heterocycles. The van der Waals surface area contributed by atoms with Gasteiger partial charge in [-0.1, -0.05) is 6.07 Å². The lowest BCUT2D eigenvalue weighted by Crippen LogP contribution is -2.08. The lowest BCUT2D eigenvalue weighted by atomic mass is 10.1. The van der Waals surface area contributed by atoms with Crippen LogP contribution in [0.3, 0.4) is 0 Å². The van der Waals surface area contributed by atoms with Gasteiger partial charge in [0.05, 0.1) is 30.5 Å². The van der Waals surface area contributed by atoms with E-state index in [-0.39, 0.29) is 6.04 Å². The quantitative estimate of drug-likeness (QED) is 0.909. The Balaban J connectivity index is 2.22. The summed E-state index contributed by atoms with van der Waals surface area (Å²) in [5.41, 5.74) is 2.53. The maximum atomic E-state index is 8.87. The number of nitrogens with one attached hydrogen (secondary N) is 1. The Bertz CT molecular complexity index is 590. The molecule has 19 heavy (non-hydrogen) atoms. The first kappa shape index (κ1) is 12.9. The number of hydrogen-bond donors (Lipinski definition) is 1. The molecule has 1 heterocycles. The zero-order valence-electron chi connectivity index (χ0n) is 10.9. The van der Waals surface area contributed by atoms with Gasteiger partial charge in [-0.25, -0.2) is 0 Å². The summed E-state index contributed by atoms with van der Waals surface area (Å²) in [6.07, 6.45) is 3.58. The summed E-state index contributed by atoms with van der Waals surface area (Å²) in [4.78, 5) is 4.10. The van der Waals surface area contributed by atoms with E-state index in [1.807, 2.05) is 24.4 Å². The average molecular weight is 253 g/mol. The molecule has 0 saturated carbocycles. The summed E-state index contributed by atoms with van der Waals surface area (Å²) >= 11 is 0. The molecule has 0 spiro atoms. The molecule has 2 aromatic rings. The van der Waals surface area contributed by atoms with Gasteiger partial charge in [-0.2, -0.15) is 5.26 Å². The molecule has 0 aliphatic rings. The van der Waals surface area contributed by atoms with E-state index in [1.165, 1.54) is 0 Å². The number of nitriles is 1. The van der Waals surface area contributed by atoms with Crippen LogP contribution in [-0.2, 0) is 0 Å². The molecule has 4 nitrogen and oxygen atoms in total. The van der Waals surface area contributed by atoms with Crippen molar-refractivity contribution in [3.8, 4) is 11.8 Å². The molecule has 2 rings (SSSR count). The summed E-state index contributed by atoms with van der Waals surface area (Å²) in [6, 6.07) is 11.5. The highest BCUT2D eigenvalue weighted by atomic mass is 16.5. The number of rotatable bonds is 4. The fourth-order valence-corrected chi connectivity index (χ4v) is 1.83. The lowest BCUT2D eigenvalue weighted by Gasteiger charge is -2.17. The second-order valence-electron chi connectivity index (χ2n) is 4.18. The van der Waals surface area contributed by atoms with E-state index in [9.17, 15) is 0 Å². The Morgan fingerprint density at radius 1 is 1.37 bits per heavy atom. The first-order valence-corrected chi connectivity index (χ1v) is 5.99. The highest BCUT2D eigenvalue weighted by Gasteiger charge is 2.09. The minimum absolute atomic E-state index is 0.107. The Hall–Kier alpha value is -2.54. The van der Waals surface area contributed by atoms with Gasteiger partial charge in [-0.15, -0.1) is 0 Å². The molecule has 4 heteroatoms. The molecule has 0 saturated heterocycles. The third-order valence-electron chi connectivity index (χ3n) is 2.89. The Kier molecular flexibility index (Phi) is 3.99. The second kappa shape index (κ2) is 5.87. The minimum Gasteiger partial charge on any atom is -0.495 e. The van der Waals surface area contributed by atoms with Gasteiger partial charge in [0, 0.05) is 18.5 Å². The third-order valence-corrected chi connectivity index (χ3v) is 2.89. The van der Waals surface area contributed by atoms with E-state index in [0.717, 1.165) is 11.3 Å². The molecule has 1 N–H and O–H groups in total. The molecule has 0 aliphatic carbocycles. The van der Waals surface area contributed by atoms with Crippen LogP contribution in [0.5, 0.6) is 5.75 Å². The SMILES string of the molecule is COc1cc(C#N)ccc1NC(C)c1cccnc1. The van der Waals surface area contributed by atoms with Crippen molar-refractivity contribution >= 4 is 5.69 Å². The highest BCUT2D eigenvalue weighted by Crippen LogP contribution is 2.28. The summed E-state index contributed by atoms with van der Waals surface area (Å²) in [7, 11) is 1.59. The largest absolute Gasteiger partial charge is 0.495 e. The van der Waals surface area contributed by atoms with Gasteiger partial charge in [-0.05, 0) is 30.7 Å². The Labute approximate surface area is 112 Å². The van der Waals surface area contributed by atoms with Crippen molar-refractivity contribution in [1.82, 2.24) is 4.98 Å². The molecule has 0 bridgehead atoms. The molecule has 96 valence electrons. The molecular weight excluding hydrogens is 238 g/mol. The maximum Gasteiger partial charge on any atom is 0.143 e. The van der Waals surface area contributed by atoms with E-state index in [1.54, 1.807) is 25.4 Å². The maximum absolute atomic E-state index is 8.87. The number of nitrogens with zero attached hydrogens (tertiary/aromatic N) is 2. The molecule has 1 unspecified atom stereocenters. The number of hydrogen-bond acceptors (Lipinski definition) is 4. The fraction of sp³-hybridized carbons (Fsp3) is 0.200.